The molecule has 1 aromatic rings. The lowest BCUT2D eigenvalue weighted by Gasteiger charge is -2.32. The molecule has 0 amide bonds. The van der Waals surface area contributed by atoms with E-state index in [1.54, 1.807) is 0 Å². The first-order chi connectivity index (χ1) is 8.81. The molecule has 0 spiro atoms. The van der Waals surface area contributed by atoms with Crippen LogP contribution >= 0.6 is 11.6 Å². The summed E-state index contributed by atoms with van der Waals surface area (Å²) in [6, 6.07) is 9.59. The van der Waals surface area contributed by atoms with Crippen molar-refractivity contribution in [1.82, 2.24) is 5.32 Å². The zero-order chi connectivity index (χ0) is 12.4. The van der Waals surface area contributed by atoms with Crippen LogP contribution in [0.25, 0.3) is 0 Å². The Morgan fingerprint density at radius 3 is 2.94 bits per heavy atom. The van der Waals surface area contributed by atoms with Crippen LogP contribution in [-0.4, -0.2) is 25.3 Å². The molecule has 2 nitrogen and oxygen atoms in total. The lowest BCUT2D eigenvalue weighted by molar-refractivity contribution is 0.0316. The van der Waals surface area contributed by atoms with Crippen LogP contribution in [0.1, 0.15) is 24.8 Å². The average molecular weight is 266 g/mol. The van der Waals surface area contributed by atoms with Crippen molar-refractivity contribution in [3.8, 4) is 0 Å². The molecule has 1 aromatic carbocycles. The van der Waals surface area contributed by atoms with E-state index >= 15 is 0 Å². The Morgan fingerprint density at radius 1 is 1.28 bits per heavy atom. The molecule has 0 aromatic heterocycles. The second-order valence-corrected chi connectivity index (χ2v) is 5.94. The van der Waals surface area contributed by atoms with Crippen LogP contribution < -0.4 is 5.32 Å². The first kappa shape index (κ1) is 12.5. The SMILES string of the molecule is Clc1cccc(CC2COCCC2NC2CC2)c1. The van der Waals surface area contributed by atoms with Crippen molar-refractivity contribution in [2.45, 2.75) is 37.8 Å². The van der Waals surface area contributed by atoms with Gasteiger partial charge in [0.05, 0.1) is 6.61 Å². The molecule has 0 bridgehead atoms. The van der Waals surface area contributed by atoms with Gasteiger partial charge in [-0.05, 0) is 43.4 Å². The van der Waals surface area contributed by atoms with Crippen molar-refractivity contribution >= 4 is 11.6 Å². The van der Waals surface area contributed by atoms with E-state index in [0.717, 1.165) is 37.1 Å². The molecule has 1 aliphatic heterocycles. The van der Waals surface area contributed by atoms with E-state index in [1.165, 1.54) is 18.4 Å². The van der Waals surface area contributed by atoms with Gasteiger partial charge < -0.3 is 10.1 Å². The zero-order valence-corrected chi connectivity index (χ0v) is 11.3. The third-order valence-electron chi connectivity index (χ3n) is 3.89. The van der Waals surface area contributed by atoms with Crippen molar-refractivity contribution in [1.29, 1.82) is 0 Å². The minimum Gasteiger partial charge on any atom is -0.381 e. The van der Waals surface area contributed by atoms with Crippen LogP contribution in [0, 0.1) is 5.92 Å². The van der Waals surface area contributed by atoms with Crippen LogP contribution in [0.15, 0.2) is 24.3 Å². The van der Waals surface area contributed by atoms with Crippen molar-refractivity contribution in [2.75, 3.05) is 13.2 Å². The van der Waals surface area contributed by atoms with E-state index in [-0.39, 0.29) is 0 Å². The molecule has 3 rings (SSSR count). The van der Waals surface area contributed by atoms with Gasteiger partial charge in [0.15, 0.2) is 0 Å². The van der Waals surface area contributed by atoms with E-state index < -0.39 is 0 Å². The monoisotopic (exact) mass is 265 g/mol. The highest BCUT2D eigenvalue weighted by Crippen LogP contribution is 2.26. The summed E-state index contributed by atoms with van der Waals surface area (Å²) in [4.78, 5) is 0. The normalized spacial score (nSPS) is 28.3. The maximum atomic E-state index is 6.05. The second kappa shape index (κ2) is 5.60. The number of halogens is 1. The maximum absolute atomic E-state index is 6.05. The van der Waals surface area contributed by atoms with Gasteiger partial charge in [-0.2, -0.15) is 0 Å². The van der Waals surface area contributed by atoms with Crippen LogP contribution in [0.4, 0.5) is 0 Å². The van der Waals surface area contributed by atoms with Gasteiger partial charge in [-0.25, -0.2) is 0 Å². The lowest BCUT2D eigenvalue weighted by Crippen LogP contribution is -2.44. The molecule has 2 atom stereocenters. The van der Waals surface area contributed by atoms with Crippen molar-refractivity contribution in [3.63, 3.8) is 0 Å². The third kappa shape index (κ3) is 3.25. The van der Waals surface area contributed by atoms with Gasteiger partial charge in [0.25, 0.3) is 0 Å². The van der Waals surface area contributed by atoms with Crippen LogP contribution in [-0.2, 0) is 11.2 Å². The highest BCUT2D eigenvalue weighted by molar-refractivity contribution is 6.30. The number of rotatable bonds is 4. The minimum atomic E-state index is 0.581. The van der Waals surface area contributed by atoms with Gasteiger partial charge in [0.2, 0.25) is 0 Å². The molecular formula is C15H20ClNO. The molecule has 2 fully saturated rings. The van der Waals surface area contributed by atoms with Gasteiger partial charge in [-0.1, -0.05) is 23.7 Å². The fraction of sp³-hybridized carbons (Fsp3) is 0.600. The fourth-order valence-corrected chi connectivity index (χ4v) is 2.95. The molecule has 1 N–H and O–H groups in total. The molecule has 98 valence electrons. The summed E-state index contributed by atoms with van der Waals surface area (Å²) in [6.45, 7) is 1.77. The summed E-state index contributed by atoms with van der Waals surface area (Å²) in [5, 5.41) is 4.59. The van der Waals surface area contributed by atoms with Crippen molar-refractivity contribution in [3.05, 3.63) is 34.9 Å². The Morgan fingerprint density at radius 2 is 2.17 bits per heavy atom. The van der Waals surface area contributed by atoms with E-state index in [4.69, 9.17) is 16.3 Å². The fourth-order valence-electron chi connectivity index (χ4n) is 2.74. The van der Waals surface area contributed by atoms with E-state index in [0.29, 0.717) is 12.0 Å². The zero-order valence-electron chi connectivity index (χ0n) is 10.6. The van der Waals surface area contributed by atoms with Crippen LogP contribution in [0.3, 0.4) is 0 Å². The molecule has 2 aliphatic rings. The van der Waals surface area contributed by atoms with Gasteiger partial charge in [-0.15, -0.1) is 0 Å². The number of hydrogen-bond acceptors (Lipinski definition) is 2. The van der Waals surface area contributed by atoms with E-state index in [9.17, 15) is 0 Å². The molecular weight excluding hydrogens is 246 g/mol. The first-order valence-electron chi connectivity index (χ1n) is 6.89. The van der Waals surface area contributed by atoms with E-state index in [2.05, 4.69) is 17.4 Å². The molecule has 1 aliphatic carbocycles. The molecule has 3 heteroatoms. The topological polar surface area (TPSA) is 21.3 Å². The predicted octanol–water partition coefficient (Wildman–Crippen LogP) is 3.04. The largest absolute Gasteiger partial charge is 0.381 e. The summed E-state index contributed by atoms with van der Waals surface area (Å²) in [6.07, 6.45) is 4.90. The number of ether oxygens (including phenoxy) is 1. The highest BCUT2D eigenvalue weighted by atomic mass is 35.5. The molecule has 18 heavy (non-hydrogen) atoms. The van der Waals surface area contributed by atoms with Gasteiger partial charge >= 0.3 is 0 Å². The summed E-state index contributed by atoms with van der Waals surface area (Å²) >= 11 is 6.05. The second-order valence-electron chi connectivity index (χ2n) is 5.51. The molecule has 0 radical (unpaired) electrons. The highest BCUT2D eigenvalue weighted by Gasteiger charge is 2.31. The molecule has 1 heterocycles. The Labute approximate surface area is 114 Å². The summed E-state index contributed by atoms with van der Waals surface area (Å²) < 4.78 is 5.64. The Hall–Kier alpha value is -0.570. The average Bonchev–Trinajstić information content (AvgIpc) is 3.16. The van der Waals surface area contributed by atoms with Gasteiger partial charge in [0, 0.05) is 29.6 Å². The summed E-state index contributed by atoms with van der Waals surface area (Å²) in [5.41, 5.74) is 1.32. The number of hydrogen-bond donors (Lipinski definition) is 1. The molecule has 2 unspecified atom stereocenters. The minimum absolute atomic E-state index is 0.581. The molecule has 1 saturated heterocycles. The standard InChI is InChI=1S/C15H20ClNO/c16-13-3-1-2-11(9-13)8-12-10-18-7-6-15(12)17-14-4-5-14/h1-3,9,12,14-15,17H,4-8,10H2. The quantitative estimate of drug-likeness (QED) is 0.904. The summed E-state index contributed by atoms with van der Waals surface area (Å²) in [5.74, 6) is 0.581. The third-order valence-corrected chi connectivity index (χ3v) is 4.12. The number of benzene rings is 1. The van der Waals surface area contributed by atoms with Gasteiger partial charge in [-0.3, -0.25) is 0 Å². The van der Waals surface area contributed by atoms with Crippen LogP contribution in [0.2, 0.25) is 5.02 Å². The molecule has 1 saturated carbocycles. The Bertz CT molecular complexity index is 405. The van der Waals surface area contributed by atoms with Crippen molar-refractivity contribution < 1.29 is 4.74 Å². The smallest absolute Gasteiger partial charge is 0.0512 e. The predicted molar refractivity (Wildman–Crippen MR) is 74.0 cm³/mol. The first-order valence-corrected chi connectivity index (χ1v) is 7.27. The lowest BCUT2D eigenvalue weighted by atomic mass is 9.89. The van der Waals surface area contributed by atoms with Gasteiger partial charge in [0.1, 0.15) is 0 Å². The summed E-state index contributed by atoms with van der Waals surface area (Å²) in [7, 11) is 0. The Balaban J connectivity index is 1.64. The number of nitrogens with one attached hydrogen (secondary N) is 1. The van der Waals surface area contributed by atoms with Crippen LogP contribution in [0.5, 0.6) is 0 Å². The Kier molecular flexibility index (Phi) is 3.88. The van der Waals surface area contributed by atoms with E-state index in [1.807, 2.05) is 12.1 Å². The maximum Gasteiger partial charge on any atom is 0.0512 e. The van der Waals surface area contributed by atoms with Crippen molar-refractivity contribution in [2.24, 2.45) is 5.92 Å².